The van der Waals surface area contributed by atoms with Crippen LogP contribution in [0.2, 0.25) is 0 Å². The van der Waals surface area contributed by atoms with E-state index in [1.54, 1.807) is 0 Å². The summed E-state index contributed by atoms with van der Waals surface area (Å²) in [6.45, 7) is 5.50. The van der Waals surface area contributed by atoms with E-state index < -0.39 is 0 Å². The second-order valence-corrected chi connectivity index (χ2v) is 6.59. The molecule has 2 atom stereocenters. The Balaban J connectivity index is 1.59. The SMILES string of the molecule is CCN1CCC[C@H]1[C@@H]1CCCN1C(=O)c1cccc2c1OCO2. The van der Waals surface area contributed by atoms with Gasteiger partial charge in [-0.2, -0.15) is 0 Å². The average Bonchev–Trinajstić information content (AvgIpc) is 3.31. The van der Waals surface area contributed by atoms with Gasteiger partial charge in [-0.15, -0.1) is 0 Å². The van der Waals surface area contributed by atoms with Crippen LogP contribution in [0.25, 0.3) is 0 Å². The number of nitrogens with zero attached hydrogens (tertiary/aromatic N) is 2. The predicted molar refractivity (Wildman–Crippen MR) is 86.9 cm³/mol. The Morgan fingerprint density at radius 1 is 1.17 bits per heavy atom. The van der Waals surface area contributed by atoms with Crippen LogP contribution in [0.1, 0.15) is 43.0 Å². The van der Waals surface area contributed by atoms with Gasteiger partial charge in [0.1, 0.15) is 0 Å². The van der Waals surface area contributed by atoms with Crippen molar-refractivity contribution in [3.8, 4) is 11.5 Å². The van der Waals surface area contributed by atoms with Crippen molar-refractivity contribution in [3.05, 3.63) is 23.8 Å². The van der Waals surface area contributed by atoms with E-state index in [9.17, 15) is 4.79 Å². The molecule has 1 amide bonds. The van der Waals surface area contributed by atoms with Crippen molar-refractivity contribution in [2.24, 2.45) is 0 Å². The van der Waals surface area contributed by atoms with Gasteiger partial charge in [0.05, 0.1) is 5.56 Å². The van der Waals surface area contributed by atoms with Gasteiger partial charge in [-0.1, -0.05) is 13.0 Å². The van der Waals surface area contributed by atoms with Gasteiger partial charge in [0.2, 0.25) is 6.79 Å². The first-order valence-corrected chi connectivity index (χ1v) is 8.73. The molecule has 0 unspecified atom stereocenters. The molecule has 3 aliphatic rings. The van der Waals surface area contributed by atoms with Gasteiger partial charge in [-0.25, -0.2) is 0 Å². The van der Waals surface area contributed by atoms with E-state index in [0.717, 1.165) is 32.5 Å². The lowest BCUT2D eigenvalue weighted by Gasteiger charge is -2.34. The minimum atomic E-state index is 0.0952. The summed E-state index contributed by atoms with van der Waals surface area (Å²) in [5, 5.41) is 0. The molecule has 0 N–H and O–H groups in total. The van der Waals surface area contributed by atoms with Crippen LogP contribution < -0.4 is 9.47 Å². The molecule has 0 aliphatic carbocycles. The maximum Gasteiger partial charge on any atom is 0.258 e. The van der Waals surface area contributed by atoms with Crippen molar-refractivity contribution in [1.29, 1.82) is 0 Å². The topological polar surface area (TPSA) is 42.0 Å². The van der Waals surface area contributed by atoms with Crippen LogP contribution in [0.3, 0.4) is 0 Å². The minimum Gasteiger partial charge on any atom is -0.454 e. The molecule has 5 nitrogen and oxygen atoms in total. The van der Waals surface area contributed by atoms with Gasteiger partial charge in [-0.3, -0.25) is 9.69 Å². The Morgan fingerprint density at radius 2 is 2.00 bits per heavy atom. The van der Waals surface area contributed by atoms with Gasteiger partial charge in [0.15, 0.2) is 11.5 Å². The molecule has 23 heavy (non-hydrogen) atoms. The van der Waals surface area contributed by atoms with Crippen molar-refractivity contribution in [3.63, 3.8) is 0 Å². The van der Waals surface area contributed by atoms with Crippen LogP contribution in [0.15, 0.2) is 18.2 Å². The summed E-state index contributed by atoms with van der Waals surface area (Å²) in [7, 11) is 0. The molecule has 0 aromatic heterocycles. The van der Waals surface area contributed by atoms with Gasteiger partial charge >= 0.3 is 0 Å². The number of hydrogen-bond acceptors (Lipinski definition) is 4. The second kappa shape index (κ2) is 6.04. The summed E-state index contributed by atoms with van der Waals surface area (Å²) >= 11 is 0. The lowest BCUT2D eigenvalue weighted by Crippen LogP contribution is -2.48. The number of likely N-dealkylation sites (N-methyl/N-ethyl adjacent to an activating group) is 1. The van der Waals surface area contributed by atoms with Crippen LogP contribution in [0, 0.1) is 0 Å². The molecular weight excluding hydrogens is 292 g/mol. The molecule has 0 bridgehead atoms. The van der Waals surface area contributed by atoms with Crippen LogP contribution in [0.5, 0.6) is 11.5 Å². The van der Waals surface area contributed by atoms with Crippen LogP contribution >= 0.6 is 0 Å². The molecule has 3 aliphatic heterocycles. The third-order valence-corrected chi connectivity index (χ3v) is 5.45. The standard InChI is InChI=1S/C18H24N2O3/c1-2-19-10-4-7-14(19)15-8-5-11-20(15)18(21)13-6-3-9-16-17(13)23-12-22-16/h3,6,9,14-15H,2,4-5,7-8,10-12H2,1H3/t14-,15-/m0/s1. The highest BCUT2D eigenvalue weighted by atomic mass is 16.7. The van der Waals surface area contributed by atoms with Gasteiger partial charge in [0, 0.05) is 18.6 Å². The molecule has 124 valence electrons. The predicted octanol–water partition coefficient (Wildman–Crippen LogP) is 2.50. The fraction of sp³-hybridized carbons (Fsp3) is 0.611. The average molecular weight is 316 g/mol. The monoisotopic (exact) mass is 316 g/mol. The van der Waals surface area contributed by atoms with Crippen LogP contribution in [-0.4, -0.2) is 54.2 Å². The first-order valence-electron chi connectivity index (χ1n) is 8.73. The number of para-hydroxylation sites is 1. The molecular formula is C18H24N2O3. The van der Waals surface area contributed by atoms with Crippen molar-refractivity contribution in [2.75, 3.05) is 26.4 Å². The van der Waals surface area contributed by atoms with Gasteiger partial charge in [0.25, 0.3) is 5.91 Å². The highest BCUT2D eigenvalue weighted by molar-refractivity contribution is 5.98. The van der Waals surface area contributed by atoms with E-state index in [2.05, 4.69) is 16.7 Å². The first-order chi connectivity index (χ1) is 11.3. The quantitative estimate of drug-likeness (QED) is 0.859. The smallest absolute Gasteiger partial charge is 0.258 e. The maximum absolute atomic E-state index is 13.1. The molecule has 0 radical (unpaired) electrons. The number of ether oxygens (including phenoxy) is 2. The number of amides is 1. The van der Waals surface area contributed by atoms with Crippen molar-refractivity contribution < 1.29 is 14.3 Å². The van der Waals surface area contributed by atoms with Gasteiger partial charge in [-0.05, 0) is 50.9 Å². The Hall–Kier alpha value is -1.75. The van der Waals surface area contributed by atoms with Crippen molar-refractivity contribution >= 4 is 5.91 Å². The number of carbonyl (C=O) groups is 1. The zero-order valence-corrected chi connectivity index (χ0v) is 13.7. The molecule has 0 saturated carbocycles. The molecule has 5 heteroatoms. The van der Waals surface area contributed by atoms with Crippen LogP contribution in [0.4, 0.5) is 0 Å². The summed E-state index contributed by atoms with van der Waals surface area (Å²) in [6, 6.07) is 6.44. The Kier molecular flexibility index (Phi) is 3.89. The van der Waals surface area contributed by atoms with Crippen molar-refractivity contribution in [1.82, 2.24) is 9.80 Å². The third-order valence-electron chi connectivity index (χ3n) is 5.45. The zero-order chi connectivity index (χ0) is 15.8. The van der Waals surface area contributed by atoms with E-state index in [1.165, 1.54) is 12.8 Å². The minimum absolute atomic E-state index is 0.0952. The number of benzene rings is 1. The maximum atomic E-state index is 13.1. The number of likely N-dealkylation sites (tertiary alicyclic amines) is 2. The summed E-state index contributed by atoms with van der Waals surface area (Å²) in [5.74, 6) is 1.39. The fourth-order valence-corrected chi connectivity index (χ4v) is 4.38. The molecule has 2 fully saturated rings. The molecule has 4 rings (SSSR count). The van der Waals surface area contributed by atoms with E-state index >= 15 is 0 Å². The molecule has 1 aromatic rings. The van der Waals surface area contributed by atoms with E-state index in [-0.39, 0.29) is 12.7 Å². The number of hydrogen-bond donors (Lipinski definition) is 0. The largest absolute Gasteiger partial charge is 0.454 e. The second-order valence-electron chi connectivity index (χ2n) is 6.59. The molecule has 3 heterocycles. The number of rotatable bonds is 3. The molecule has 2 saturated heterocycles. The highest BCUT2D eigenvalue weighted by Gasteiger charge is 2.40. The Bertz CT molecular complexity index is 604. The third kappa shape index (κ3) is 2.47. The lowest BCUT2D eigenvalue weighted by atomic mass is 10.0. The van der Waals surface area contributed by atoms with E-state index in [1.807, 2.05) is 18.2 Å². The highest BCUT2D eigenvalue weighted by Crippen LogP contribution is 2.38. The van der Waals surface area contributed by atoms with Gasteiger partial charge < -0.3 is 14.4 Å². The van der Waals surface area contributed by atoms with Crippen LogP contribution in [-0.2, 0) is 0 Å². The number of fused-ring (bicyclic) bond motifs is 1. The normalized spacial score (nSPS) is 26.9. The zero-order valence-electron chi connectivity index (χ0n) is 13.7. The molecule has 1 aromatic carbocycles. The lowest BCUT2D eigenvalue weighted by molar-refractivity contribution is 0.0645. The Labute approximate surface area is 137 Å². The summed E-state index contributed by atoms with van der Waals surface area (Å²) in [5.41, 5.74) is 0.646. The first kappa shape index (κ1) is 14.8. The summed E-state index contributed by atoms with van der Waals surface area (Å²) in [4.78, 5) is 17.8. The van der Waals surface area contributed by atoms with E-state index in [4.69, 9.17) is 9.47 Å². The van der Waals surface area contributed by atoms with E-state index in [0.29, 0.717) is 29.1 Å². The fourth-order valence-electron chi connectivity index (χ4n) is 4.38. The Morgan fingerprint density at radius 3 is 2.87 bits per heavy atom. The number of carbonyl (C=O) groups excluding carboxylic acids is 1. The molecule has 0 spiro atoms. The van der Waals surface area contributed by atoms with Crippen molar-refractivity contribution in [2.45, 2.75) is 44.7 Å². The summed E-state index contributed by atoms with van der Waals surface area (Å²) in [6.07, 6.45) is 4.65. The summed E-state index contributed by atoms with van der Waals surface area (Å²) < 4.78 is 10.9.